The van der Waals surface area contributed by atoms with Gasteiger partial charge in [0.1, 0.15) is 75.3 Å². The molecule has 3 rings (SSSR count). The first-order chi connectivity index (χ1) is 55.9. The summed E-state index contributed by atoms with van der Waals surface area (Å²) in [6.45, 7) is 1.43. The van der Waals surface area contributed by atoms with Gasteiger partial charge in [-0.2, -0.15) is 0 Å². The van der Waals surface area contributed by atoms with E-state index in [-0.39, 0.29) is 173 Å². The van der Waals surface area contributed by atoms with Crippen LogP contribution in [0.3, 0.4) is 0 Å². The lowest BCUT2D eigenvalue weighted by atomic mass is 10.0. The van der Waals surface area contributed by atoms with Crippen molar-refractivity contribution in [3.8, 4) is 0 Å². The maximum absolute atomic E-state index is 14.7. The van der Waals surface area contributed by atoms with Crippen LogP contribution < -0.4 is 92.2 Å². The summed E-state index contributed by atoms with van der Waals surface area (Å²) in [4.78, 5) is 208. The molecule has 0 radical (unpaired) electrons. The third-order valence-corrected chi connectivity index (χ3v) is 18.9. The number of primary amides is 1. The Morgan fingerprint density at radius 1 is 0.440 bits per heavy atom. The number of carbonyl (C=O) groups is 15. The zero-order valence-corrected chi connectivity index (χ0v) is 67.0. The van der Waals surface area contributed by atoms with E-state index in [1.54, 1.807) is 30.3 Å². The minimum Gasteiger partial charge on any atom is -0.481 e. The number of amides is 14. The number of nitrogens with two attached hydrogens (primary N) is 4. The highest BCUT2D eigenvalue weighted by molar-refractivity contribution is 8.76. The maximum atomic E-state index is 14.7. The van der Waals surface area contributed by atoms with Crippen molar-refractivity contribution < 1.29 is 129 Å². The summed E-state index contributed by atoms with van der Waals surface area (Å²) in [5, 5.41) is 43.4. The summed E-state index contributed by atoms with van der Waals surface area (Å²) in [5.41, 5.74) is 16.5. The number of fused-ring (bicyclic) bond motifs is 5. The fourth-order valence-corrected chi connectivity index (χ4v) is 13.0. The van der Waals surface area contributed by atoms with E-state index in [0.717, 1.165) is 33.3 Å². The van der Waals surface area contributed by atoms with Crippen molar-refractivity contribution in [3.05, 3.63) is 35.9 Å². The molecule has 0 aromatic heterocycles. The number of aliphatic imine (C=N–C) groups is 1. The van der Waals surface area contributed by atoms with Crippen LogP contribution >= 0.6 is 33.3 Å². The fraction of sp³-hybridized carbons (Fsp3) is 0.676. The minimum absolute atomic E-state index is 0.0189. The van der Waals surface area contributed by atoms with Crippen LogP contribution in [0, 0.1) is 0 Å². The standard InChI is InChI=1S/C68H112N18O27S3/c69-53(87)36-111-37-56(90)74-13-17-103-21-25-107-28-24-106-20-16-77-62(97)50-41-114-44-59(93)80-47(9-4-5-11-73-55(89)38-112-39-57(91)75-14-18-104-22-26-108-29-31-110-32-30-109-27-23-105-19-15-76-58(92)40-113-72)63(98)85-51-42-115-116-43-52(67(102)83-48(64(99)84-50)33-45-7-2-1-3-8-45)86-65(100)49(34-60(94)95)81-54(88)35-79-61(96)46(82-66(51)101)10-6-12-78-68(70)71/h1-3,7-8,46-52H,4-6,9-44,72H2,(H2,69,87)(H,73,89)(H,74,90)(H,75,91)(H,76,92)(H,77,97)(H,79,96)(H,80,93)(H,81,88)(H,82,101)(H,83,102)(H,84,99)(H,85,98)(H,86,100)(H,94,95)(H4,70,71,78)/t46-,47-,48-,49-,50-,51-,52-/m0/s1. The number of carbonyl (C=O) groups excluding carboxylic acids is 14. The van der Waals surface area contributed by atoms with Gasteiger partial charge in [-0.05, 0) is 37.7 Å². The second-order valence-electron chi connectivity index (χ2n) is 24.9. The van der Waals surface area contributed by atoms with Crippen molar-refractivity contribution in [3.63, 3.8) is 0 Å². The molecule has 1 aromatic carbocycles. The van der Waals surface area contributed by atoms with E-state index in [1.807, 2.05) is 0 Å². The van der Waals surface area contributed by atoms with Crippen LogP contribution in [0.15, 0.2) is 35.3 Å². The normalized spacial score (nSPS) is 18.9. The largest absolute Gasteiger partial charge is 0.481 e. The van der Waals surface area contributed by atoms with E-state index in [1.165, 1.54) is 0 Å². The molecule has 0 aliphatic carbocycles. The molecule has 2 heterocycles. The molecule has 48 heteroatoms. The number of rotatable bonds is 54. The molecule has 22 N–H and O–H groups in total. The third kappa shape index (κ3) is 51.2. The summed E-state index contributed by atoms with van der Waals surface area (Å²) in [6, 6.07) is -2.46. The molecule has 1 aromatic rings. The predicted molar refractivity (Wildman–Crippen MR) is 417 cm³/mol. The number of hydrogen-bond acceptors (Lipinski definition) is 31. The van der Waals surface area contributed by atoms with E-state index in [2.05, 4.69) is 78.9 Å². The van der Waals surface area contributed by atoms with Crippen LogP contribution in [-0.4, -0.2) is 350 Å². The van der Waals surface area contributed by atoms with Crippen molar-refractivity contribution in [2.24, 2.45) is 28.1 Å². The molecule has 45 nitrogen and oxygen atoms in total. The Labute approximate surface area is 682 Å². The molecule has 2 aliphatic rings. The van der Waals surface area contributed by atoms with Crippen molar-refractivity contribution in [1.82, 2.24) is 69.1 Å². The summed E-state index contributed by atoms with van der Waals surface area (Å²) in [7, 11) is 1.78. The average Bonchev–Trinajstić information content (AvgIpc) is 1.01. The molecule has 654 valence electrons. The van der Waals surface area contributed by atoms with E-state index < -0.39 is 164 Å². The second-order valence-corrected chi connectivity index (χ2v) is 28.5. The molecule has 0 unspecified atom stereocenters. The zero-order chi connectivity index (χ0) is 84.8. The van der Waals surface area contributed by atoms with Gasteiger partial charge in [-0.3, -0.25) is 81.7 Å². The van der Waals surface area contributed by atoms with Gasteiger partial charge >= 0.3 is 5.97 Å². The molecule has 2 aliphatic heterocycles. The van der Waals surface area contributed by atoms with Gasteiger partial charge in [-0.1, -0.05) is 51.9 Å². The average molecular weight is 1710 g/mol. The summed E-state index contributed by atoms with van der Waals surface area (Å²) in [5.74, 6) is -9.48. The Hall–Kier alpha value is -8.89. The van der Waals surface area contributed by atoms with Gasteiger partial charge in [0.15, 0.2) is 5.96 Å². The number of aliphatic carboxylic acids is 1. The molecule has 7 atom stereocenters. The van der Waals surface area contributed by atoms with Crippen LogP contribution in [-0.2, 0) is 131 Å². The van der Waals surface area contributed by atoms with E-state index in [4.69, 9.17) is 70.5 Å². The number of ether oxygens (including phenoxy) is 10. The Bertz CT molecular complexity index is 3200. The van der Waals surface area contributed by atoms with E-state index in [0.29, 0.717) is 58.4 Å². The lowest BCUT2D eigenvalue weighted by Gasteiger charge is -2.27. The first-order valence-electron chi connectivity index (χ1n) is 37.2. The molecule has 0 spiro atoms. The molecule has 116 heavy (non-hydrogen) atoms. The highest BCUT2D eigenvalue weighted by atomic mass is 33.1. The number of guanidine groups is 1. The number of nitrogens with zero attached hydrogens (tertiary/aromatic N) is 1. The lowest BCUT2D eigenvalue weighted by Crippen LogP contribution is -2.60. The summed E-state index contributed by atoms with van der Waals surface area (Å²) in [6.07, 6.45) is -1.03. The van der Waals surface area contributed by atoms with Crippen molar-refractivity contribution >= 4 is 128 Å². The Morgan fingerprint density at radius 2 is 0.871 bits per heavy atom. The number of benzene rings is 1. The monoisotopic (exact) mass is 1710 g/mol. The van der Waals surface area contributed by atoms with Gasteiger partial charge < -0.3 is 139 Å². The summed E-state index contributed by atoms with van der Waals surface area (Å²) < 4.78 is 53.9. The third-order valence-electron chi connectivity index (χ3n) is 15.5. The summed E-state index contributed by atoms with van der Waals surface area (Å²) >= 11 is 0.867. The zero-order valence-electron chi connectivity index (χ0n) is 64.5. The van der Waals surface area contributed by atoms with Gasteiger partial charge in [0, 0.05) is 62.9 Å². The van der Waals surface area contributed by atoms with Gasteiger partial charge in [-0.25, -0.2) is 5.90 Å². The van der Waals surface area contributed by atoms with Crippen LogP contribution in [0.1, 0.15) is 44.1 Å². The Balaban J connectivity index is 1.75. The van der Waals surface area contributed by atoms with Gasteiger partial charge in [0.2, 0.25) is 82.7 Å². The molecule has 2 bridgehead atoms. The van der Waals surface area contributed by atoms with Crippen molar-refractivity contribution in [2.75, 3.05) is 208 Å². The molecule has 0 saturated carbocycles. The fourth-order valence-electron chi connectivity index (χ4n) is 9.81. The second kappa shape index (κ2) is 64.2. The number of thioether (sulfide) groups is 1. The minimum atomic E-state index is -1.85. The smallest absolute Gasteiger partial charge is 0.305 e. The number of nitrogens with one attached hydrogen (secondary N) is 13. The van der Waals surface area contributed by atoms with Crippen LogP contribution in [0.5, 0.6) is 0 Å². The highest BCUT2D eigenvalue weighted by Gasteiger charge is 2.36. The van der Waals surface area contributed by atoms with Crippen molar-refractivity contribution in [2.45, 2.75) is 87.2 Å². The van der Waals surface area contributed by atoms with Crippen LogP contribution in [0.25, 0.3) is 0 Å². The topological polar surface area (TPSA) is 651 Å². The molecule has 2 saturated heterocycles. The maximum Gasteiger partial charge on any atom is 0.305 e. The highest BCUT2D eigenvalue weighted by Crippen LogP contribution is 2.24. The Morgan fingerprint density at radius 3 is 1.36 bits per heavy atom. The van der Waals surface area contributed by atoms with Crippen LogP contribution in [0.4, 0.5) is 0 Å². The van der Waals surface area contributed by atoms with E-state index in [9.17, 15) is 77.0 Å². The molecule has 14 amide bonds. The van der Waals surface area contributed by atoms with Crippen molar-refractivity contribution in [1.29, 1.82) is 0 Å². The number of carboxylic acids is 1. The molecular weight excluding hydrogens is 1600 g/mol. The molecular formula is C68H112N18O27S3. The van der Waals surface area contributed by atoms with Gasteiger partial charge in [-0.15, -0.1) is 11.8 Å². The quantitative estimate of drug-likeness (QED) is 0.00947. The number of unbranched alkanes of at least 4 members (excludes halogenated alkanes) is 1. The van der Waals surface area contributed by atoms with E-state index >= 15 is 0 Å². The SMILES string of the molecule is NOCC(=O)NCCOCCOCCOCCOCCOCCNC(=O)COCC(=O)NCCCC[C@@H]1NC(=O)CSC[C@@H](C(=O)NCCOCCOCCOCCNC(=O)COCC(N)=O)NC(=O)[C@H](Cc2ccccc2)NC(=O)[C@@H]2CSSC[C@H](NC1=O)C(=O)N[C@@H](CCCN=C(N)N)C(=O)NCC(=O)N[C@@H](CC(=O)O)C(=O)N2. The number of carboxylic acid groups (broad SMARTS) is 1. The van der Waals surface area contributed by atoms with Gasteiger partial charge in [0.05, 0.1) is 124 Å². The predicted octanol–water partition coefficient (Wildman–Crippen LogP) is -9.30. The lowest BCUT2D eigenvalue weighted by molar-refractivity contribution is -0.141. The first-order valence-corrected chi connectivity index (χ1v) is 40.8. The Kier molecular flexibility index (Phi) is 56.1. The molecule has 2 fully saturated rings. The van der Waals surface area contributed by atoms with Crippen LogP contribution in [0.2, 0.25) is 0 Å². The first kappa shape index (κ1) is 101. The van der Waals surface area contributed by atoms with Gasteiger partial charge in [0.25, 0.3) is 0 Å². The number of hydrogen-bond donors (Lipinski definition) is 18.